The molecule has 1 N–H and O–H groups in total. The largest absolute Gasteiger partial charge is 0.495 e. The monoisotopic (exact) mass is 504 g/mol. The number of amides is 2. The summed E-state index contributed by atoms with van der Waals surface area (Å²) in [6, 6.07) is 18.7. The number of hydrogen-bond donors (Lipinski definition) is 1. The van der Waals surface area contributed by atoms with E-state index in [0.29, 0.717) is 21.5 Å². The molecule has 1 heterocycles. The molecule has 0 radical (unpaired) electrons. The quantitative estimate of drug-likeness (QED) is 0.380. The van der Waals surface area contributed by atoms with Gasteiger partial charge in [0.25, 0.3) is 11.8 Å². The lowest BCUT2D eigenvalue weighted by atomic mass is 10.2. The van der Waals surface area contributed by atoms with Gasteiger partial charge in [0.05, 0.1) is 23.5 Å². The third kappa shape index (κ3) is 4.45. The summed E-state index contributed by atoms with van der Waals surface area (Å²) in [6.07, 6.45) is 0. The fraction of sp³-hybridized carbons (Fsp3) is 0.0435. The van der Waals surface area contributed by atoms with Crippen LogP contribution in [0.3, 0.4) is 0 Å². The van der Waals surface area contributed by atoms with E-state index in [9.17, 15) is 9.59 Å². The molecule has 2 amide bonds. The van der Waals surface area contributed by atoms with Gasteiger partial charge < -0.3 is 10.1 Å². The lowest BCUT2D eigenvalue weighted by Gasteiger charge is -2.17. The number of ether oxygens (including phenoxy) is 1. The number of carbonyl (C=O) groups excluding carboxylic acids is 2. The van der Waals surface area contributed by atoms with E-state index in [-0.39, 0.29) is 21.3 Å². The van der Waals surface area contributed by atoms with Crippen LogP contribution < -0.4 is 15.0 Å². The van der Waals surface area contributed by atoms with Crippen LogP contribution in [0.1, 0.15) is 0 Å². The lowest BCUT2D eigenvalue weighted by Crippen LogP contribution is -2.32. The first-order valence-corrected chi connectivity index (χ1v) is 11.3. The van der Waals surface area contributed by atoms with Crippen LogP contribution in [-0.2, 0) is 9.59 Å². The number of halogens is 3. The van der Waals surface area contributed by atoms with Crippen LogP contribution in [0.5, 0.6) is 5.75 Å². The van der Waals surface area contributed by atoms with Gasteiger partial charge in [0.1, 0.15) is 16.4 Å². The Hall–Kier alpha value is -2.64. The van der Waals surface area contributed by atoms with Crippen LogP contribution in [0, 0.1) is 0 Å². The van der Waals surface area contributed by atoms with Gasteiger partial charge in [-0.15, -0.1) is 0 Å². The highest BCUT2D eigenvalue weighted by Crippen LogP contribution is 2.41. The van der Waals surface area contributed by atoms with Gasteiger partial charge in [0.2, 0.25) is 0 Å². The molecule has 0 unspecified atom stereocenters. The number of para-hydroxylation sites is 2. The Labute approximate surface area is 203 Å². The van der Waals surface area contributed by atoms with E-state index >= 15 is 0 Å². The molecule has 162 valence electrons. The number of benzene rings is 3. The second-order valence-electron chi connectivity index (χ2n) is 6.63. The highest BCUT2D eigenvalue weighted by Gasteiger charge is 2.41. The van der Waals surface area contributed by atoms with Gasteiger partial charge in [-0.1, -0.05) is 58.7 Å². The third-order valence-corrected chi connectivity index (χ3v) is 6.47. The predicted molar refractivity (Wildman–Crippen MR) is 130 cm³/mol. The van der Waals surface area contributed by atoms with Crippen molar-refractivity contribution in [1.29, 1.82) is 0 Å². The molecule has 32 heavy (non-hydrogen) atoms. The van der Waals surface area contributed by atoms with E-state index in [2.05, 4.69) is 5.32 Å². The zero-order valence-corrected chi connectivity index (χ0v) is 19.6. The summed E-state index contributed by atoms with van der Waals surface area (Å²) in [5, 5.41) is 4.23. The van der Waals surface area contributed by atoms with E-state index in [1.54, 1.807) is 48.5 Å². The molecule has 0 saturated heterocycles. The van der Waals surface area contributed by atoms with Crippen molar-refractivity contribution >= 4 is 69.8 Å². The number of anilines is 2. The molecule has 5 nitrogen and oxygen atoms in total. The fourth-order valence-electron chi connectivity index (χ4n) is 3.10. The van der Waals surface area contributed by atoms with Crippen LogP contribution >= 0.6 is 46.6 Å². The van der Waals surface area contributed by atoms with Gasteiger partial charge in [-0.3, -0.25) is 9.59 Å². The molecule has 0 atom stereocenters. The molecule has 0 bridgehead atoms. The van der Waals surface area contributed by atoms with Crippen molar-refractivity contribution in [3.63, 3.8) is 0 Å². The molecule has 3 aromatic rings. The average molecular weight is 506 g/mol. The number of nitrogens with zero attached hydrogens (tertiary/aromatic N) is 1. The van der Waals surface area contributed by atoms with Crippen molar-refractivity contribution in [3.8, 4) is 5.75 Å². The number of methoxy groups -OCH3 is 1. The van der Waals surface area contributed by atoms with Gasteiger partial charge in [-0.05, 0) is 54.6 Å². The van der Waals surface area contributed by atoms with E-state index in [0.717, 1.165) is 21.6 Å². The van der Waals surface area contributed by atoms with Gasteiger partial charge in [0, 0.05) is 14.9 Å². The third-order valence-electron chi connectivity index (χ3n) is 4.59. The molecule has 0 fully saturated rings. The Morgan fingerprint density at radius 2 is 1.56 bits per heavy atom. The predicted octanol–water partition coefficient (Wildman–Crippen LogP) is 6.64. The minimum Gasteiger partial charge on any atom is -0.495 e. The zero-order valence-electron chi connectivity index (χ0n) is 16.6. The highest BCUT2D eigenvalue weighted by molar-refractivity contribution is 8.04. The molecule has 0 spiro atoms. The minimum atomic E-state index is -0.540. The van der Waals surface area contributed by atoms with Crippen LogP contribution in [-0.4, -0.2) is 18.9 Å². The lowest BCUT2D eigenvalue weighted by molar-refractivity contribution is -0.120. The molecule has 1 aliphatic rings. The van der Waals surface area contributed by atoms with Crippen molar-refractivity contribution in [2.75, 3.05) is 17.3 Å². The minimum absolute atomic E-state index is 0.116. The summed E-state index contributed by atoms with van der Waals surface area (Å²) in [7, 11) is 1.53. The Bertz CT molecular complexity index is 1250. The molecular formula is C23H15Cl3N2O3S. The molecule has 0 saturated carbocycles. The number of carbonyl (C=O) groups is 2. The first-order valence-electron chi connectivity index (χ1n) is 9.30. The van der Waals surface area contributed by atoms with Crippen molar-refractivity contribution in [1.82, 2.24) is 0 Å². The van der Waals surface area contributed by atoms with Crippen molar-refractivity contribution in [3.05, 3.63) is 92.4 Å². The maximum absolute atomic E-state index is 13.4. The molecule has 3 aromatic carbocycles. The molecule has 4 rings (SSSR count). The Balaban J connectivity index is 1.78. The molecular weight excluding hydrogens is 491 g/mol. The first kappa shape index (κ1) is 22.6. The van der Waals surface area contributed by atoms with Gasteiger partial charge in [0.15, 0.2) is 0 Å². The zero-order chi connectivity index (χ0) is 22.8. The van der Waals surface area contributed by atoms with Gasteiger partial charge in [-0.2, -0.15) is 0 Å². The van der Waals surface area contributed by atoms with Crippen LogP contribution in [0.4, 0.5) is 11.4 Å². The SMILES string of the molecule is COc1ccccc1NC1=C(Sc2ccc(Cl)cc2)C(=O)N(c2ccc(Cl)cc2Cl)C1=O. The normalized spacial score (nSPS) is 13.7. The molecule has 0 aliphatic carbocycles. The standard InChI is InChI=1S/C23H15Cl3N2O3S/c1-31-19-5-3-2-4-17(19)27-20-21(32-15-9-6-13(24)7-10-15)23(30)28(22(20)29)18-11-8-14(25)12-16(18)26/h2-12,27H,1H3. The van der Waals surface area contributed by atoms with Crippen LogP contribution in [0.15, 0.2) is 82.2 Å². The summed E-state index contributed by atoms with van der Waals surface area (Å²) >= 11 is 19.4. The van der Waals surface area contributed by atoms with Crippen molar-refractivity contribution < 1.29 is 14.3 Å². The van der Waals surface area contributed by atoms with E-state index in [1.165, 1.54) is 19.2 Å². The summed E-state index contributed by atoms with van der Waals surface area (Å²) in [5.41, 5.74) is 0.909. The Morgan fingerprint density at radius 1 is 0.875 bits per heavy atom. The fourth-order valence-corrected chi connectivity index (χ4v) is 4.64. The molecule has 1 aliphatic heterocycles. The maximum Gasteiger partial charge on any atom is 0.283 e. The highest BCUT2D eigenvalue weighted by atomic mass is 35.5. The number of imide groups is 1. The van der Waals surface area contributed by atoms with Gasteiger partial charge >= 0.3 is 0 Å². The van der Waals surface area contributed by atoms with E-state index in [1.807, 2.05) is 6.07 Å². The topological polar surface area (TPSA) is 58.6 Å². The first-order chi connectivity index (χ1) is 15.4. The average Bonchev–Trinajstić information content (AvgIpc) is 3.00. The Kier molecular flexibility index (Phi) is 6.67. The number of nitrogens with one attached hydrogen (secondary N) is 1. The smallest absolute Gasteiger partial charge is 0.283 e. The van der Waals surface area contributed by atoms with Crippen molar-refractivity contribution in [2.24, 2.45) is 0 Å². The van der Waals surface area contributed by atoms with Crippen molar-refractivity contribution in [2.45, 2.75) is 4.90 Å². The number of thioether (sulfide) groups is 1. The van der Waals surface area contributed by atoms with Crippen LogP contribution in [0.2, 0.25) is 15.1 Å². The Morgan fingerprint density at radius 3 is 2.25 bits per heavy atom. The summed E-state index contributed by atoms with van der Waals surface area (Å²) in [4.78, 5) is 28.8. The molecule has 9 heteroatoms. The van der Waals surface area contributed by atoms with E-state index < -0.39 is 11.8 Å². The molecule has 0 aromatic heterocycles. The van der Waals surface area contributed by atoms with Gasteiger partial charge in [-0.25, -0.2) is 4.90 Å². The van der Waals surface area contributed by atoms with Crippen LogP contribution in [0.25, 0.3) is 0 Å². The number of hydrogen-bond acceptors (Lipinski definition) is 5. The summed E-state index contributed by atoms with van der Waals surface area (Å²) < 4.78 is 5.38. The maximum atomic E-state index is 13.4. The number of rotatable bonds is 6. The summed E-state index contributed by atoms with van der Waals surface area (Å²) in [6.45, 7) is 0. The second-order valence-corrected chi connectivity index (χ2v) is 8.99. The summed E-state index contributed by atoms with van der Waals surface area (Å²) in [5.74, 6) is -0.516. The second kappa shape index (κ2) is 9.46. The van der Waals surface area contributed by atoms with E-state index in [4.69, 9.17) is 39.5 Å².